The van der Waals surface area contributed by atoms with E-state index in [0.717, 1.165) is 17.7 Å². The van der Waals surface area contributed by atoms with E-state index in [1.165, 1.54) is 0 Å². The quantitative estimate of drug-likeness (QED) is 0.755. The molecular weight excluding hydrogens is 292 g/mol. The van der Waals surface area contributed by atoms with Crippen molar-refractivity contribution >= 4 is 28.2 Å². The molecule has 3 nitrogen and oxygen atoms in total. The second kappa shape index (κ2) is 5.21. The number of thiocarbonyl (C=S) groups is 1. The van der Waals surface area contributed by atoms with Crippen molar-refractivity contribution < 1.29 is 8.78 Å². The fourth-order valence-corrected chi connectivity index (χ4v) is 2.37. The van der Waals surface area contributed by atoms with Gasteiger partial charge in [-0.3, -0.25) is 0 Å². The van der Waals surface area contributed by atoms with Crippen molar-refractivity contribution in [2.75, 3.05) is 0 Å². The Labute approximate surface area is 125 Å². The molecule has 0 spiro atoms. The number of hydrogen-bond acceptors (Lipinski definition) is 2. The molecule has 0 saturated carbocycles. The molecule has 0 bridgehead atoms. The zero-order valence-electron chi connectivity index (χ0n) is 10.9. The van der Waals surface area contributed by atoms with Gasteiger partial charge in [0.25, 0.3) is 0 Å². The molecule has 2 N–H and O–H groups in total. The molecule has 3 aromatic rings. The van der Waals surface area contributed by atoms with E-state index in [9.17, 15) is 8.78 Å². The summed E-state index contributed by atoms with van der Waals surface area (Å²) in [6, 6.07) is 11.5. The maximum atomic E-state index is 13.5. The van der Waals surface area contributed by atoms with Crippen LogP contribution in [0.1, 0.15) is 0 Å². The molecule has 0 amide bonds. The highest BCUT2D eigenvalue weighted by atomic mass is 32.1. The molecule has 0 unspecified atom stereocenters. The van der Waals surface area contributed by atoms with Crippen LogP contribution in [0.2, 0.25) is 0 Å². The first-order chi connectivity index (χ1) is 10.1. The highest BCUT2D eigenvalue weighted by molar-refractivity contribution is 7.80. The van der Waals surface area contributed by atoms with Gasteiger partial charge in [-0.2, -0.15) is 0 Å². The summed E-state index contributed by atoms with van der Waals surface area (Å²) in [6.45, 7) is 0.209. The van der Waals surface area contributed by atoms with Gasteiger partial charge in [0.15, 0.2) is 11.6 Å². The van der Waals surface area contributed by atoms with Gasteiger partial charge in [-0.1, -0.05) is 42.5 Å². The lowest BCUT2D eigenvalue weighted by Gasteiger charge is -2.08. The Kier molecular flexibility index (Phi) is 3.39. The molecule has 21 heavy (non-hydrogen) atoms. The van der Waals surface area contributed by atoms with E-state index in [2.05, 4.69) is 4.98 Å². The summed E-state index contributed by atoms with van der Waals surface area (Å²) >= 11 is 4.94. The van der Waals surface area contributed by atoms with Crippen molar-refractivity contribution in [3.05, 3.63) is 54.1 Å². The van der Waals surface area contributed by atoms with Gasteiger partial charge in [0.2, 0.25) is 0 Å². The molecule has 1 aromatic heterocycles. The van der Waals surface area contributed by atoms with Gasteiger partial charge in [-0.15, -0.1) is 0 Å². The van der Waals surface area contributed by atoms with Crippen LogP contribution < -0.4 is 5.73 Å². The van der Waals surface area contributed by atoms with Gasteiger partial charge in [-0.05, 0) is 0 Å². The minimum absolute atomic E-state index is 0.209. The van der Waals surface area contributed by atoms with Crippen molar-refractivity contribution in [1.29, 1.82) is 0 Å². The van der Waals surface area contributed by atoms with E-state index in [1.807, 2.05) is 30.3 Å². The average Bonchev–Trinajstić information content (AvgIpc) is 2.78. The van der Waals surface area contributed by atoms with Crippen molar-refractivity contribution in [2.24, 2.45) is 5.73 Å². The Hall–Kier alpha value is -2.34. The molecular formula is C15H11F2N3S. The predicted molar refractivity (Wildman–Crippen MR) is 81.9 cm³/mol. The van der Waals surface area contributed by atoms with Crippen LogP contribution in [0.3, 0.4) is 0 Å². The first-order valence-corrected chi connectivity index (χ1v) is 6.66. The third kappa shape index (κ3) is 2.50. The van der Waals surface area contributed by atoms with E-state index in [0.29, 0.717) is 16.9 Å². The summed E-state index contributed by atoms with van der Waals surface area (Å²) in [5.41, 5.74) is 7.25. The minimum Gasteiger partial charge on any atom is -0.392 e. The standard InChI is InChI=1S/C15H11F2N3S/c16-10-6-12-13(7-11(10)17)20(8-14(18)21)15(19-12)9-4-2-1-3-5-9/h1-7H,8H2,(H2,18,21). The number of aromatic nitrogens is 2. The fraction of sp³-hybridized carbons (Fsp3) is 0.0667. The van der Waals surface area contributed by atoms with E-state index in [-0.39, 0.29) is 11.5 Å². The van der Waals surface area contributed by atoms with Gasteiger partial charge in [0.05, 0.1) is 22.6 Å². The average molecular weight is 303 g/mol. The zero-order valence-corrected chi connectivity index (χ0v) is 11.7. The van der Waals surface area contributed by atoms with Gasteiger partial charge >= 0.3 is 0 Å². The number of benzene rings is 2. The smallest absolute Gasteiger partial charge is 0.161 e. The number of fused-ring (bicyclic) bond motifs is 1. The van der Waals surface area contributed by atoms with Crippen LogP contribution in [-0.2, 0) is 6.54 Å². The van der Waals surface area contributed by atoms with Gasteiger partial charge < -0.3 is 10.3 Å². The molecule has 1 heterocycles. The monoisotopic (exact) mass is 303 g/mol. The molecule has 2 aromatic carbocycles. The molecule has 0 atom stereocenters. The molecule has 0 saturated heterocycles. The van der Waals surface area contributed by atoms with E-state index in [1.54, 1.807) is 4.57 Å². The number of imidazole rings is 1. The molecule has 0 radical (unpaired) electrons. The van der Waals surface area contributed by atoms with E-state index < -0.39 is 11.6 Å². The molecule has 0 fully saturated rings. The van der Waals surface area contributed by atoms with Gasteiger partial charge in [-0.25, -0.2) is 13.8 Å². The molecule has 0 aliphatic rings. The number of nitrogens with zero attached hydrogens (tertiary/aromatic N) is 2. The molecule has 0 aliphatic heterocycles. The van der Waals surface area contributed by atoms with Crippen LogP contribution in [0.5, 0.6) is 0 Å². The van der Waals surface area contributed by atoms with Crippen LogP contribution in [0.15, 0.2) is 42.5 Å². The van der Waals surface area contributed by atoms with Crippen LogP contribution in [0, 0.1) is 11.6 Å². The van der Waals surface area contributed by atoms with Crippen LogP contribution in [-0.4, -0.2) is 14.5 Å². The predicted octanol–water partition coefficient (Wildman–Crippen LogP) is 3.27. The number of halogens is 2. The van der Waals surface area contributed by atoms with Crippen molar-refractivity contribution in [2.45, 2.75) is 6.54 Å². The number of nitrogens with two attached hydrogens (primary N) is 1. The topological polar surface area (TPSA) is 43.8 Å². The van der Waals surface area contributed by atoms with Crippen LogP contribution in [0.4, 0.5) is 8.78 Å². The zero-order chi connectivity index (χ0) is 15.0. The summed E-state index contributed by atoms with van der Waals surface area (Å²) in [7, 11) is 0. The second-order valence-electron chi connectivity index (χ2n) is 4.61. The summed E-state index contributed by atoms with van der Waals surface area (Å²) in [5.74, 6) is -1.28. The molecule has 3 rings (SSSR count). The SMILES string of the molecule is NC(=S)Cn1c(-c2ccccc2)nc2cc(F)c(F)cc21. The molecule has 0 aliphatic carbocycles. The number of rotatable bonds is 3. The second-order valence-corrected chi connectivity index (χ2v) is 5.13. The summed E-state index contributed by atoms with van der Waals surface area (Å²) in [4.78, 5) is 4.63. The Morgan fingerprint density at radius 2 is 1.81 bits per heavy atom. The lowest BCUT2D eigenvalue weighted by Crippen LogP contribution is -2.17. The lowest BCUT2D eigenvalue weighted by atomic mass is 10.2. The third-order valence-corrected chi connectivity index (χ3v) is 3.27. The highest BCUT2D eigenvalue weighted by Crippen LogP contribution is 2.26. The van der Waals surface area contributed by atoms with E-state index in [4.69, 9.17) is 18.0 Å². The van der Waals surface area contributed by atoms with Gasteiger partial charge in [0, 0.05) is 17.7 Å². The summed E-state index contributed by atoms with van der Waals surface area (Å²) in [5, 5.41) is 0. The Morgan fingerprint density at radius 1 is 1.14 bits per heavy atom. The number of hydrogen-bond donors (Lipinski definition) is 1. The maximum absolute atomic E-state index is 13.5. The van der Waals surface area contributed by atoms with Gasteiger partial charge in [0.1, 0.15) is 5.82 Å². The van der Waals surface area contributed by atoms with Crippen molar-refractivity contribution in [3.63, 3.8) is 0 Å². The van der Waals surface area contributed by atoms with Crippen molar-refractivity contribution in [1.82, 2.24) is 9.55 Å². The first-order valence-electron chi connectivity index (χ1n) is 6.25. The minimum atomic E-state index is -0.929. The largest absolute Gasteiger partial charge is 0.392 e. The Balaban J connectivity index is 2.30. The van der Waals surface area contributed by atoms with Crippen LogP contribution in [0.25, 0.3) is 22.4 Å². The van der Waals surface area contributed by atoms with E-state index >= 15 is 0 Å². The molecule has 106 valence electrons. The Morgan fingerprint density at radius 3 is 2.48 bits per heavy atom. The van der Waals surface area contributed by atoms with Crippen LogP contribution >= 0.6 is 12.2 Å². The van der Waals surface area contributed by atoms with Crippen molar-refractivity contribution in [3.8, 4) is 11.4 Å². The summed E-state index contributed by atoms with van der Waals surface area (Å²) in [6.07, 6.45) is 0. The highest BCUT2D eigenvalue weighted by Gasteiger charge is 2.16. The fourth-order valence-electron chi connectivity index (χ4n) is 2.24. The molecule has 6 heteroatoms. The third-order valence-electron chi connectivity index (χ3n) is 3.14. The normalized spacial score (nSPS) is 11.0. The Bertz CT molecular complexity index is 828. The summed E-state index contributed by atoms with van der Waals surface area (Å²) < 4.78 is 28.6. The lowest BCUT2D eigenvalue weighted by molar-refractivity contribution is 0.510. The first kappa shape index (κ1) is 13.6. The maximum Gasteiger partial charge on any atom is 0.161 e.